The minimum Gasteiger partial charge on any atom is -0.491 e. The summed E-state index contributed by atoms with van der Waals surface area (Å²) in [5.41, 5.74) is 0.314. The molecule has 0 spiro atoms. The van der Waals surface area contributed by atoms with Crippen molar-refractivity contribution in [3.8, 4) is 5.75 Å². The fourth-order valence-corrected chi connectivity index (χ4v) is 2.31. The minimum absolute atomic E-state index is 0.0295. The second-order valence-electron chi connectivity index (χ2n) is 4.82. The lowest BCUT2D eigenvalue weighted by Gasteiger charge is -2.20. The highest BCUT2D eigenvalue weighted by Gasteiger charge is 2.30. The molecule has 1 aliphatic rings. The van der Waals surface area contributed by atoms with Crippen LogP contribution in [-0.4, -0.2) is 12.4 Å². The highest BCUT2D eigenvalue weighted by molar-refractivity contribution is 6.36. The molecule has 1 aromatic rings. The van der Waals surface area contributed by atoms with Crippen molar-refractivity contribution in [3.63, 3.8) is 0 Å². The van der Waals surface area contributed by atoms with Crippen molar-refractivity contribution in [3.05, 3.63) is 27.7 Å². The zero-order chi connectivity index (χ0) is 11.9. The van der Waals surface area contributed by atoms with Crippen molar-refractivity contribution < 1.29 is 9.53 Å². The minimum atomic E-state index is -0.175. The van der Waals surface area contributed by atoms with Gasteiger partial charge in [-0.3, -0.25) is 4.79 Å². The largest absolute Gasteiger partial charge is 0.491 e. The van der Waals surface area contributed by atoms with Crippen LogP contribution in [0.4, 0.5) is 0 Å². The van der Waals surface area contributed by atoms with Gasteiger partial charge in [0.1, 0.15) is 5.75 Å². The first-order chi connectivity index (χ1) is 7.39. The van der Waals surface area contributed by atoms with E-state index in [1.807, 2.05) is 13.8 Å². The Kier molecular flexibility index (Phi) is 2.89. The van der Waals surface area contributed by atoms with Gasteiger partial charge in [-0.05, 0) is 12.1 Å². The number of hydrogen-bond acceptors (Lipinski definition) is 2. The van der Waals surface area contributed by atoms with Gasteiger partial charge in [-0.25, -0.2) is 0 Å². The average Bonchev–Trinajstić information content (AvgIpc) is 2.23. The third-order valence-electron chi connectivity index (χ3n) is 2.56. The number of Topliss-reactive ketones (excluding diaryl/α,β-unsaturated/α-hetero) is 1. The lowest BCUT2D eigenvalue weighted by Crippen LogP contribution is -2.21. The Morgan fingerprint density at radius 3 is 2.69 bits per heavy atom. The van der Waals surface area contributed by atoms with Gasteiger partial charge in [-0.1, -0.05) is 37.0 Å². The third-order valence-corrected chi connectivity index (χ3v) is 3.05. The average molecular weight is 259 g/mol. The van der Waals surface area contributed by atoms with E-state index >= 15 is 0 Å². The molecule has 0 aromatic heterocycles. The summed E-state index contributed by atoms with van der Waals surface area (Å²) in [6.45, 7) is 4.46. The molecule has 86 valence electrons. The molecule has 0 N–H and O–H groups in total. The standard InChI is InChI=1S/C12H12Cl2O2/c1-12(2)5-10(15)8-3-7(13)4-9(14)11(8)16-6-12/h3-4H,5-6H2,1-2H3. The molecule has 0 atom stereocenters. The molecule has 4 heteroatoms. The van der Waals surface area contributed by atoms with E-state index in [1.54, 1.807) is 12.1 Å². The molecular weight excluding hydrogens is 247 g/mol. The zero-order valence-electron chi connectivity index (χ0n) is 9.14. The van der Waals surface area contributed by atoms with Crippen LogP contribution >= 0.6 is 23.2 Å². The molecule has 1 aromatic carbocycles. The summed E-state index contributed by atoms with van der Waals surface area (Å²) in [4.78, 5) is 12.0. The Morgan fingerprint density at radius 2 is 2.00 bits per heavy atom. The topological polar surface area (TPSA) is 26.3 Å². The van der Waals surface area contributed by atoms with Crippen molar-refractivity contribution in [2.24, 2.45) is 5.41 Å². The lowest BCUT2D eigenvalue weighted by molar-refractivity contribution is 0.0918. The molecule has 2 nitrogen and oxygen atoms in total. The molecule has 0 aliphatic carbocycles. The molecule has 0 unspecified atom stereocenters. The first-order valence-corrected chi connectivity index (χ1v) is 5.80. The second-order valence-corrected chi connectivity index (χ2v) is 5.66. The van der Waals surface area contributed by atoms with Gasteiger partial charge < -0.3 is 4.74 Å². The van der Waals surface area contributed by atoms with Crippen LogP contribution in [0.25, 0.3) is 0 Å². The van der Waals surface area contributed by atoms with Crippen LogP contribution in [0.2, 0.25) is 10.0 Å². The van der Waals surface area contributed by atoms with Crippen LogP contribution in [0.3, 0.4) is 0 Å². The van der Waals surface area contributed by atoms with Crippen molar-refractivity contribution in [2.45, 2.75) is 20.3 Å². The quantitative estimate of drug-likeness (QED) is 0.704. The lowest BCUT2D eigenvalue weighted by atomic mass is 9.87. The normalized spacial score (nSPS) is 18.6. The number of hydrogen-bond donors (Lipinski definition) is 0. The van der Waals surface area contributed by atoms with Crippen LogP contribution in [-0.2, 0) is 0 Å². The summed E-state index contributed by atoms with van der Waals surface area (Å²) in [7, 11) is 0. The summed E-state index contributed by atoms with van der Waals surface area (Å²) < 4.78 is 5.61. The Balaban J connectivity index is 2.53. The van der Waals surface area contributed by atoms with E-state index in [0.29, 0.717) is 34.4 Å². The zero-order valence-corrected chi connectivity index (χ0v) is 10.7. The van der Waals surface area contributed by atoms with Gasteiger partial charge in [0.25, 0.3) is 0 Å². The van der Waals surface area contributed by atoms with E-state index in [0.717, 1.165) is 0 Å². The smallest absolute Gasteiger partial charge is 0.167 e. The molecular formula is C12H12Cl2O2. The molecule has 16 heavy (non-hydrogen) atoms. The fraction of sp³-hybridized carbons (Fsp3) is 0.417. The van der Waals surface area contributed by atoms with Gasteiger partial charge >= 0.3 is 0 Å². The summed E-state index contributed by atoms with van der Waals surface area (Å²) in [6.07, 6.45) is 0.441. The van der Waals surface area contributed by atoms with Gasteiger partial charge in [0, 0.05) is 16.9 Å². The van der Waals surface area contributed by atoms with Crippen molar-refractivity contribution in [1.29, 1.82) is 0 Å². The van der Waals surface area contributed by atoms with Crippen molar-refractivity contribution in [1.82, 2.24) is 0 Å². The van der Waals surface area contributed by atoms with E-state index in [2.05, 4.69) is 0 Å². The number of carbonyl (C=O) groups is 1. The molecule has 0 radical (unpaired) electrons. The molecule has 1 heterocycles. The highest BCUT2D eigenvalue weighted by atomic mass is 35.5. The van der Waals surface area contributed by atoms with Crippen molar-refractivity contribution in [2.75, 3.05) is 6.61 Å². The highest BCUT2D eigenvalue weighted by Crippen LogP contribution is 2.38. The van der Waals surface area contributed by atoms with Crippen LogP contribution < -0.4 is 4.74 Å². The molecule has 0 bridgehead atoms. The number of rotatable bonds is 0. The Hall–Kier alpha value is -0.730. The maximum Gasteiger partial charge on any atom is 0.167 e. The molecule has 0 amide bonds. The van der Waals surface area contributed by atoms with Gasteiger partial charge in [0.05, 0.1) is 17.2 Å². The van der Waals surface area contributed by atoms with E-state index < -0.39 is 0 Å². The number of halogens is 2. The maximum absolute atomic E-state index is 12.0. The Bertz CT molecular complexity index is 453. The number of ether oxygens (including phenoxy) is 1. The number of fused-ring (bicyclic) bond motifs is 1. The summed E-state index contributed by atoms with van der Waals surface area (Å²) in [5.74, 6) is 0.489. The summed E-state index contributed by atoms with van der Waals surface area (Å²) >= 11 is 11.9. The number of benzene rings is 1. The first kappa shape index (κ1) is 11.7. The van der Waals surface area contributed by atoms with Gasteiger partial charge in [0.15, 0.2) is 5.78 Å². The van der Waals surface area contributed by atoms with E-state index in [9.17, 15) is 4.79 Å². The third kappa shape index (κ3) is 2.18. The summed E-state index contributed by atoms with van der Waals surface area (Å²) in [5, 5.41) is 0.856. The van der Waals surface area contributed by atoms with Gasteiger partial charge in [-0.2, -0.15) is 0 Å². The van der Waals surface area contributed by atoms with Crippen LogP contribution in [0.5, 0.6) is 5.75 Å². The van der Waals surface area contributed by atoms with Gasteiger partial charge in [0.2, 0.25) is 0 Å². The van der Waals surface area contributed by atoms with Crippen molar-refractivity contribution >= 4 is 29.0 Å². The number of carbonyl (C=O) groups excluding carboxylic acids is 1. The molecule has 0 saturated heterocycles. The second kappa shape index (κ2) is 3.94. The maximum atomic E-state index is 12.0. The van der Waals surface area contributed by atoms with E-state index in [-0.39, 0.29) is 11.2 Å². The predicted molar refractivity (Wildman–Crippen MR) is 64.7 cm³/mol. The van der Waals surface area contributed by atoms with E-state index in [1.165, 1.54) is 0 Å². The molecule has 1 aliphatic heterocycles. The molecule has 2 rings (SSSR count). The van der Waals surface area contributed by atoms with Gasteiger partial charge in [-0.15, -0.1) is 0 Å². The Labute approximate surface area is 104 Å². The van der Waals surface area contributed by atoms with Crippen LogP contribution in [0.1, 0.15) is 30.6 Å². The SMILES string of the molecule is CC1(C)COc2c(Cl)cc(Cl)cc2C(=O)C1. The van der Waals surface area contributed by atoms with Crippen LogP contribution in [0.15, 0.2) is 12.1 Å². The molecule has 0 saturated carbocycles. The molecule has 0 fully saturated rings. The van der Waals surface area contributed by atoms with E-state index in [4.69, 9.17) is 27.9 Å². The predicted octanol–water partition coefficient (Wildman–Crippen LogP) is 3.98. The van der Waals surface area contributed by atoms with Crippen LogP contribution in [0, 0.1) is 5.41 Å². The fourth-order valence-electron chi connectivity index (χ4n) is 1.76. The summed E-state index contributed by atoms with van der Waals surface area (Å²) in [6, 6.07) is 3.21. The monoisotopic (exact) mass is 258 g/mol. The first-order valence-electron chi connectivity index (χ1n) is 5.04. The number of ketones is 1. The Morgan fingerprint density at radius 1 is 1.31 bits per heavy atom.